The van der Waals surface area contributed by atoms with Crippen molar-refractivity contribution in [2.75, 3.05) is 11.4 Å². The molecular weight excluding hydrogens is 432 g/mol. The lowest BCUT2D eigenvalue weighted by molar-refractivity contribution is -0.117. The Morgan fingerprint density at radius 2 is 1.97 bits per heavy atom. The van der Waals surface area contributed by atoms with Gasteiger partial charge in [-0.25, -0.2) is 4.98 Å². The van der Waals surface area contributed by atoms with Crippen LogP contribution in [0.2, 0.25) is 5.02 Å². The zero-order valence-electron chi connectivity index (χ0n) is 16.8. The summed E-state index contributed by atoms with van der Waals surface area (Å²) in [7, 11) is 0. The average Bonchev–Trinajstić information content (AvgIpc) is 3.53. The molecule has 156 valence electrons. The molecule has 0 aliphatic carbocycles. The number of aryl methyl sites for hydroxylation is 1. The molecule has 6 nitrogen and oxygen atoms in total. The fourth-order valence-electron chi connectivity index (χ4n) is 3.68. The van der Waals surface area contributed by atoms with Gasteiger partial charge in [0.25, 0.3) is 0 Å². The molecule has 1 atom stereocenters. The fourth-order valence-corrected chi connectivity index (χ4v) is 4.62. The van der Waals surface area contributed by atoms with Crippen molar-refractivity contribution in [1.29, 1.82) is 0 Å². The molecule has 1 amide bonds. The average molecular weight is 451 g/mol. The van der Waals surface area contributed by atoms with Crippen molar-refractivity contribution in [2.45, 2.75) is 25.7 Å². The zero-order valence-corrected chi connectivity index (χ0v) is 18.4. The number of amides is 1. The first-order chi connectivity index (χ1) is 15.1. The lowest BCUT2D eigenvalue weighted by Crippen LogP contribution is -2.24. The lowest BCUT2D eigenvalue weighted by Gasteiger charge is -2.16. The van der Waals surface area contributed by atoms with Crippen LogP contribution in [-0.2, 0) is 11.2 Å². The van der Waals surface area contributed by atoms with Crippen LogP contribution in [0.5, 0.6) is 0 Å². The minimum absolute atomic E-state index is 0.0195. The van der Waals surface area contributed by atoms with Crippen molar-refractivity contribution in [3.63, 3.8) is 0 Å². The number of nitrogens with zero attached hydrogens (tertiary/aromatic N) is 4. The maximum Gasteiger partial charge on any atom is 0.232 e. The fraction of sp³-hybridized carbons (Fsp3) is 0.217. The lowest BCUT2D eigenvalue weighted by atomic mass is 10.1. The van der Waals surface area contributed by atoms with Crippen LogP contribution in [0, 0.1) is 0 Å². The number of aromatic nitrogens is 3. The van der Waals surface area contributed by atoms with Gasteiger partial charge in [0, 0.05) is 40.2 Å². The van der Waals surface area contributed by atoms with Gasteiger partial charge in [-0.05, 0) is 24.6 Å². The van der Waals surface area contributed by atoms with Crippen LogP contribution >= 0.6 is 22.9 Å². The van der Waals surface area contributed by atoms with Crippen molar-refractivity contribution >= 4 is 34.5 Å². The molecule has 0 unspecified atom stereocenters. The van der Waals surface area contributed by atoms with Crippen LogP contribution in [-0.4, -0.2) is 27.6 Å². The van der Waals surface area contributed by atoms with Gasteiger partial charge >= 0.3 is 0 Å². The van der Waals surface area contributed by atoms with Crippen molar-refractivity contribution in [3.05, 3.63) is 69.8 Å². The number of carbonyl (C=O) groups is 1. The molecule has 31 heavy (non-hydrogen) atoms. The summed E-state index contributed by atoms with van der Waals surface area (Å²) in [6, 6.07) is 15.2. The van der Waals surface area contributed by atoms with E-state index in [1.165, 1.54) is 0 Å². The summed E-state index contributed by atoms with van der Waals surface area (Å²) in [6.45, 7) is 2.59. The van der Waals surface area contributed by atoms with Gasteiger partial charge in [0.2, 0.25) is 17.6 Å². The first-order valence-corrected chi connectivity index (χ1v) is 11.3. The van der Waals surface area contributed by atoms with Gasteiger partial charge in [0.15, 0.2) is 0 Å². The summed E-state index contributed by atoms with van der Waals surface area (Å²) < 4.78 is 5.52. The van der Waals surface area contributed by atoms with E-state index in [1.807, 2.05) is 36.4 Å². The minimum Gasteiger partial charge on any atom is -0.339 e. The summed E-state index contributed by atoms with van der Waals surface area (Å²) in [4.78, 5) is 23.4. The summed E-state index contributed by atoms with van der Waals surface area (Å²) in [5, 5.41) is 7.93. The molecule has 1 aliphatic rings. The van der Waals surface area contributed by atoms with Crippen LogP contribution in [0.4, 0.5) is 5.69 Å². The number of anilines is 1. The molecule has 2 aromatic carbocycles. The number of thiazole rings is 1. The zero-order chi connectivity index (χ0) is 21.4. The number of rotatable bonds is 5. The van der Waals surface area contributed by atoms with Crippen molar-refractivity contribution in [3.8, 4) is 22.6 Å². The third-order valence-electron chi connectivity index (χ3n) is 5.33. The Labute approximate surface area is 188 Å². The second-order valence-corrected chi connectivity index (χ2v) is 8.78. The Bertz CT molecular complexity index is 1230. The van der Waals surface area contributed by atoms with Crippen molar-refractivity contribution < 1.29 is 9.32 Å². The normalized spacial score (nSPS) is 16.3. The second-order valence-electron chi connectivity index (χ2n) is 7.40. The molecular formula is C23H19ClN4O2S. The Hall–Kier alpha value is -3.03. The smallest absolute Gasteiger partial charge is 0.232 e. The Balaban J connectivity index is 1.32. The summed E-state index contributed by atoms with van der Waals surface area (Å²) in [6.07, 6.45) is 1.27. The van der Waals surface area contributed by atoms with E-state index in [0.717, 1.165) is 33.9 Å². The second kappa shape index (κ2) is 8.24. The van der Waals surface area contributed by atoms with E-state index in [4.69, 9.17) is 16.1 Å². The molecule has 0 bridgehead atoms. The van der Waals surface area contributed by atoms with E-state index in [-0.39, 0.29) is 11.8 Å². The monoisotopic (exact) mass is 450 g/mol. The third-order valence-corrected chi connectivity index (χ3v) is 6.56. The first kappa shape index (κ1) is 19.9. The summed E-state index contributed by atoms with van der Waals surface area (Å²) in [5.74, 6) is 0.868. The van der Waals surface area contributed by atoms with Crippen LogP contribution in [0.3, 0.4) is 0 Å². The molecule has 2 aromatic heterocycles. The first-order valence-electron chi connectivity index (χ1n) is 10.1. The highest BCUT2D eigenvalue weighted by atomic mass is 35.5. The molecule has 0 spiro atoms. The van der Waals surface area contributed by atoms with Gasteiger partial charge in [0.1, 0.15) is 0 Å². The molecule has 3 heterocycles. The SMILES string of the molecule is CCc1nc(-c2ccc(-c3noc([C@@H]4CC(=O)N(c5cccc(Cl)c5)C4)n3)cc2)cs1. The number of benzene rings is 2. The Morgan fingerprint density at radius 1 is 1.16 bits per heavy atom. The predicted molar refractivity (Wildman–Crippen MR) is 121 cm³/mol. The quantitative estimate of drug-likeness (QED) is 0.396. The molecule has 8 heteroatoms. The summed E-state index contributed by atoms with van der Waals surface area (Å²) >= 11 is 7.74. The van der Waals surface area contributed by atoms with Gasteiger partial charge in [-0.3, -0.25) is 4.79 Å². The van der Waals surface area contributed by atoms with Crippen LogP contribution in [0.25, 0.3) is 22.6 Å². The maximum atomic E-state index is 12.5. The van der Waals surface area contributed by atoms with Gasteiger partial charge in [0.05, 0.1) is 16.6 Å². The molecule has 4 aromatic rings. The van der Waals surface area contributed by atoms with Crippen LogP contribution in [0.15, 0.2) is 58.4 Å². The Kier molecular flexibility index (Phi) is 5.29. The van der Waals surface area contributed by atoms with E-state index >= 15 is 0 Å². The van der Waals surface area contributed by atoms with Crippen molar-refractivity contribution in [1.82, 2.24) is 15.1 Å². The molecule has 1 fully saturated rings. The molecule has 0 N–H and O–H groups in total. The summed E-state index contributed by atoms with van der Waals surface area (Å²) in [5.41, 5.74) is 3.68. The Morgan fingerprint density at radius 3 is 2.71 bits per heavy atom. The van der Waals surface area contributed by atoms with Crippen LogP contribution in [0.1, 0.15) is 30.2 Å². The highest BCUT2D eigenvalue weighted by molar-refractivity contribution is 7.09. The largest absolute Gasteiger partial charge is 0.339 e. The molecule has 5 rings (SSSR count). The highest BCUT2D eigenvalue weighted by Gasteiger charge is 2.35. The number of hydrogen-bond acceptors (Lipinski definition) is 6. The van der Waals surface area contributed by atoms with E-state index in [2.05, 4.69) is 27.4 Å². The number of hydrogen-bond donors (Lipinski definition) is 0. The minimum atomic E-state index is -0.144. The molecule has 1 aliphatic heterocycles. The number of carbonyl (C=O) groups excluding carboxylic acids is 1. The van der Waals surface area contributed by atoms with E-state index in [0.29, 0.717) is 29.7 Å². The van der Waals surface area contributed by atoms with Gasteiger partial charge in [-0.15, -0.1) is 11.3 Å². The predicted octanol–water partition coefficient (Wildman–Crippen LogP) is 5.60. The number of halogens is 1. The standard InChI is InChI=1S/C23H19ClN4O2S/c1-2-20-25-19(13-31-20)14-6-8-15(9-7-14)22-26-23(30-27-22)16-10-21(29)28(12-16)18-5-3-4-17(24)11-18/h3-9,11,13,16H,2,10,12H2,1H3/t16-/m1/s1. The molecule has 0 radical (unpaired) electrons. The van der Waals surface area contributed by atoms with Gasteiger partial charge in [-0.2, -0.15) is 4.98 Å². The molecule has 0 saturated carbocycles. The van der Waals surface area contributed by atoms with E-state index < -0.39 is 0 Å². The van der Waals surface area contributed by atoms with E-state index in [1.54, 1.807) is 28.4 Å². The van der Waals surface area contributed by atoms with Gasteiger partial charge < -0.3 is 9.42 Å². The topological polar surface area (TPSA) is 72.1 Å². The van der Waals surface area contributed by atoms with E-state index in [9.17, 15) is 4.79 Å². The maximum absolute atomic E-state index is 12.5. The molecule has 1 saturated heterocycles. The van der Waals surface area contributed by atoms with Gasteiger partial charge in [-0.1, -0.05) is 54.0 Å². The van der Waals surface area contributed by atoms with Crippen LogP contribution < -0.4 is 4.90 Å². The highest BCUT2D eigenvalue weighted by Crippen LogP contribution is 2.33. The third kappa shape index (κ3) is 3.98. The van der Waals surface area contributed by atoms with Crippen molar-refractivity contribution in [2.24, 2.45) is 0 Å².